The van der Waals surface area contributed by atoms with E-state index >= 15 is 0 Å². The van der Waals surface area contributed by atoms with Crippen molar-refractivity contribution in [2.75, 3.05) is 26.7 Å². The monoisotopic (exact) mass is 521 g/mol. The van der Waals surface area contributed by atoms with Crippen molar-refractivity contribution in [2.24, 2.45) is 4.99 Å². The van der Waals surface area contributed by atoms with Crippen LogP contribution in [0, 0.1) is 0 Å². The maximum Gasteiger partial charge on any atom is 0.216 e. The number of guanidine groups is 1. The van der Waals surface area contributed by atoms with E-state index < -0.39 is 0 Å². The Kier molecular flexibility index (Phi) is 8.26. The third-order valence-corrected chi connectivity index (χ3v) is 5.15. The van der Waals surface area contributed by atoms with Gasteiger partial charge in [-0.2, -0.15) is 0 Å². The van der Waals surface area contributed by atoms with Gasteiger partial charge in [-0.25, -0.2) is 4.98 Å². The second-order valence-electron chi connectivity index (χ2n) is 7.06. The van der Waals surface area contributed by atoms with Gasteiger partial charge in [0.05, 0.1) is 18.8 Å². The summed E-state index contributed by atoms with van der Waals surface area (Å²) < 4.78 is 5.33. The number of nitrogens with one attached hydrogen (secondary N) is 3. The largest absolute Gasteiger partial charge is 0.461 e. The summed E-state index contributed by atoms with van der Waals surface area (Å²) >= 11 is 0. The molecule has 1 unspecified atom stereocenters. The Morgan fingerprint density at radius 2 is 1.97 bits per heavy atom. The molecule has 0 bridgehead atoms. The molecule has 3 N–H and O–H groups in total. The number of H-pyrrole nitrogens is 1. The molecule has 1 atom stereocenters. The number of aliphatic imine (C=N–C) groups is 1. The molecule has 2 aromatic heterocycles. The number of furan rings is 1. The number of halogens is 1. The Morgan fingerprint density at radius 3 is 2.67 bits per heavy atom. The van der Waals surface area contributed by atoms with Gasteiger partial charge >= 0.3 is 0 Å². The molecule has 30 heavy (non-hydrogen) atoms. The van der Waals surface area contributed by atoms with Crippen molar-refractivity contribution in [3.05, 3.63) is 60.1 Å². The molecular weight excluding hydrogens is 493 g/mol. The molecule has 0 saturated carbocycles. The minimum absolute atomic E-state index is 0. The van der Waals surface area contributed by atoms with Crippen LogP contribution in [0.3, 0.4) is 0 Å². The topological polar surface area (TPSA) is 94.4 Å². The summed E-state index contributed by atoms with van der Waals surface area (Å²) in [6.45, 7) is 3.56. The average Bonchev–Trinajstić information content (AvgIpc) is 3.53. The normalized spacial score (nSPS) is 15.6. The summed E-state index contributed by atoms with van der Waals surface area (Å²) in [5, 5.41) is 13.9. The average molecular weight is 521 g/mol. The number of hydrogen-bond acceptors (Lipinski definition) is 5. The fraction of sp³-hybridized carbons (Fsp3) is 0.381. The van der Waals surface area contributed by atoms with Gasteiger partial charge in [-0.3, -0.25) is 15.0 Å². The van der Waals surface area contributed by atoms with Gasteiger partial charge in [-0.1, -0.05) is 30.3 Å². The van der Waals surface area contributed by atoms with Gasteiger partial charge < -0.3 is 15.1 Å². The number of hydrogen-bond donors (Lipinski definition) is 3. The molecule has 0 aliphatic carbocycles. The van der Waals surface area contributed by atoms with Crippen LogP contribution in [-0.4, -0.2) is 52.7 Å². The van der Waals surface area contributed by atoms with E-state index in [4.69, 9.17) is 4.42 Å². The summed E-state index contributed by atoms with van der Waals surface area (Å²) in [4.78, 5) is 11.3. The standard InChI is InChI=1S/C21H27N7O.HI/c1-22-21(24-15-19-25-20(27-26-19)18-10-7-13-29-18)23-14-17(28-11-5-6-12-28)16-8-3-2-4-9-16;/h2-4,7-10,13,17H,5-6,11-12,14-15H2,1H3,(H2,22,23,24)(H,25,26,27);1H. The number of aromatic amines is 1. The van der Waals surface area contributed by atoms with Crippen LogP contribution in [0.4, 0.5) is 0 Å². The predicted molar refractivity (Wildman–Crippen MR) is 128 cm³/mol. The number of aromatic nitrogens is 3. The Hall–Kier alpha value is -2.40. The molecule has 8 nitrogen and oxygen atoms in total. The van der Waals surface area contributed by atoms with Gasteiger partial charge in [-0.15, -0.1) is 29.1 Å². The van der Waals surface area contributed by atoms with Crippen molar-refractivity contribution in [3.8, 4) is 11.6 Å². The minimum atomic E-state index is 0. The highest BCUT2D eigenvalue weighted by Crippen LogP contribution is 2.24. The van der Waals surface area contributed by atoms with Crippen molar-refractivity contribution in [2.45, 2.75) is 25.4 Å². The van der Waals surface area contributed by atoms with Gasteiger partial charge in [0.25, 0.3) is 0 Å². The van der Waals surface area contributed by atoms with Gasteiger partial charge in [0, 0.05) is 13.6 Å². The fourth-order valence-corrected chi connectivity index (χ4v) is 3.66. The van der Waals surface area contributed by atoms with E-state index in [9.17, 15) is 0 Å². The quantitative estimate of drug-likeness (QED) is 0.251. The maximum absolute atomic E-state index is 5.33. The van der Waals surface area contributed by atoms with Crippen molar-refractivity contribution in [3.63, 3.8) is 0 Å². The Labute approximate surface area is 193 Å². The first kappa shape index (κ1) is 22.3. The van der Waals surface area contributed by atoms with E-state index in [2.05, 4.69) is 66.0 Å². The molecule has 1 saturated heterocycles. The van der Waals surface area contributed by atoms with Crippen LogP contribution < -0.4 is 10.6 Å². The van der Waals surface area contributed by atoms with E-state index in [0.29, 0.717) is 24.2 Å². The van der Waals surface area contributed by atoms with Crippen LogP contribution in [-0.2, 0) is 6.54 Å². The van der Waals surface area contributed by atoms with Crippen LogP contribution in [0.1, 0.15) is 30.3 Å². The van der Waals surface area contributed by atoms with Crippen LogP contribution in [0.25, 0.3) is 11.6 Å². The second-order valence-corrected chi connectivity index (χ2v) is 7.06. The Bertz CT molecular complexity index is 905. The summed E-state index contributed by atoms with van der Waals surface area (Å²) in [5.41, 5.74) is 1.33. The van der Waals surface area contributed by atoms with Crippen molar-refractivity contribution in [1.29, 1.82) is 0 Å². The molecule has 0 radical (unpaired) electrons. The number of nitrogens with zero attached hydrogens (tertiary/aromatic N) is 4. The smallest absolute Gasteiger partial charge is 0.216 e. The number of rotatable bonds is 7. The highest BCUT2D eigenvalue weighted by Gasteiger charge is 2.23. The zero-order chi connectivity index (χ0) is 19.9. The van der Waals surface area contributed by atoms with Crippen LogP contribution >= 0.6 is 24.0 Å². The lowest BCUT2D eigenvalue weighted by atomic mass is 10.1. The number of benzene rings is 1. The molecule has 1 aliphatic rings. The van der Waals surface area contributed by atoms with E-state index in [1.807, 2.05) is 12.1 Å². The summed E-state index contributed by atoms with van der Waals surface area (Å²) in [6.07, 6.45) is 4.14. The first-order valence-corrected chi connectivity index (χ1v) is 10.0. The van der Waals surface area contributed by atoms with E-state index in [1.165, 1.54) is 18.4 Å². The minimum Gasteiger partial charge on any atom is -0.461 e. The van der Waals surface area contributed by atoms with Crippen molar-refractivity contribution < 1.29 is 4.42 Å². The van der Waals surface area contributed by atoms with Crippen LogP contribution in [0.2, 0.25) is 0 Å². The molecular formula is C21H28IN7O. The first-order chi connectivity index (χ1) is 14.3. The molecule has 3 heterocycles. The van der Waals surface area contributed by atoms with Crippen LogP contribution in [0.15, 0.2) is 58.1 Å². The summed E-state index contributed by atoms with van der Waals surface area (Å²) in [5.74, 6) is 2.65. The van der Waals surface area contributed by atoms with Gasteiger partial charge in [0.1, 0.15) is 5.82 Å². The van der Waals surface area contributed by atoms with Gasteiger partial charge in [-0.05, 0) is 43.6 Å². The Balaban J connectivity index is 0.00000256. The van der Waals surface area contributed by atoms with Crippen molar-refractivity contribution >= 4 is 29.9 Å². The predicted octanol–water partition coefficient (Wildman–Crippen LogP) is 3.18. The van der Waals surface area contributed by atoms with E-state index in [0.717, 1.165) is 31.4 Å². The molecule has 4 rings (SSSR count). The van der Waals surface area contributed by atoms with Crippen LogP contribution in [0.5, 0.6) is 0 Å². The van der Waals surface area contributed by atoms with E-state index in [-0.39, 0.29) is 24.0 Å². The molecule has 1 aromatic carbocycles. The van der Waals surface area contributed by atoms with E-state index in [1.54, 1.807) is 13.3 Å². The first-order valence-electron chi connectivity index (χ1n) is 10.0. The second kappa shape index (κ2) is 11.1. The lowest BCUT2D eigenvalue weighted by Gasteiger charge is -2.28. The molecule has 1 fully saturated rings. The number of likely N-dealkylation sites (tertiary alicyclic amines) is 1. The molecule has 160 valence electrons. The lowest BCUT2D eigenvalue weighted by molar-refractivity contribution is 0.245. The maximum atomic E-state index is 5.33. The molecule has 1 aliphatic heterocycles. The molecule has 9 heteroatoms. The SMILES string of the molecule is CN=C(NCc1nc(-c2ccco2)n[nH]1)NCC(c1ccccc1)N1CCCC1.I. The Morgan fingerprint density at radius 1 is 1.17 bits per heavy atom. The highest BCUT2D eigenvalue weighted by molar-refractivity contribution is 14.0. The zero-order valence-corrected chi connectivity index (χ0v) is 19.4. The summed E-state index contributed by atoms with van der Waals surface area (Å²) in [7, 11) is 1.78. The fourth-order valence-electron chi connectivity index (χ4n) is 3.66. The molecule has 0 spiro atoms. The van der Waals surface area contributed by atoms with Crippen molar-refractivity contribution in [1.82, 2.24) is 30.7 Å². The zero-order valence-electron chi connectivity index (χ0n) is 17.0. The summed E-state index contributed by atoms with van der Waals surface area (Å²) in [6, 6.07) is 14.7. The molecule has 3 aromatic rings. The van der Waals surface area contributed by atoms with Gasteiger partial charge in [0.15, 0.2) is 11.7 Å². The third-order valence-electron chi connectivity index (χ3n) is 5.15. The van der Waals surface area contributed by atoms with Gasteiger partial charge in [0.2, 0.25) is 5.82 Å². The third kappa shape index (κ3) is 5.60. The highest BCUT2D eigenvalue weighted by atomic mass is 127. The lowest BCUT2D eigenvalue weighted by Crippen LogP contribution is -2.42. The molecule has 0 amide bonds.